The number of para-hydroxylation sites is 1. The van der Waals surface area contributed by atoms with Crippen LogP contribution in [0.25, 0.3) is 17.1 Å². The molecule has 1 amide bonds. The average molecular weight is 493 g/mol. The van der Waals surface area contributed by atoms with Crippen molar-refractivity contribution in [2.75, 3.05) is 19.4 Å². The summed E-state index contributed by atoms with van der Waals surface area (Å²) < 4.78 is 7.45. The molecule has 34 heavy (non-hydrogen) atoms. The first-order valence-corrected chi connectivity index (χ1v) is 12.2. The minimum absolute atomic E-state index is 0.0581. The molecule has 174 valence electrons. The lowest BCUT2D eigenvalue weighted by atomic mass is 10.0. The minimum Gasteiger partial charge on any atom is -0.496 e. The van der Waals surface area contributed by atoms with E-state index in [9.17, 15) is 4.79 Å². The van der Waals surface area contributed by atoms with Crippen LogP contribution in [0.15, 0.2) is 84.0 Å². The predicted octanol–water partition coefficient (Wildman–Crippen LogP) is 5.61. The molecule has 0 spiro atoms. The maximum atomic E-state index is 12.6. The van der Waals surface area contributed by atoms with E-state index in [-0.39, 0.29) is 17.6 Å². The Morgan fingerprint density at radius 1 is 1.03 bits per heavy atom. The number of carbonyl (C=O) groups is 1. The molecule has 0 aliphatic rings. The van der Waals surface area contributed by atoms with Gasteiger partial charge in [-0.2, -0.15) is 0 Å². The van der Waals surface area contributed by atoms with Gasteiger partial charge in [-0.15, -0.1) is 10.2 Å². The molecular formula is C26H25ClN4O2S. The Hall–Kier alpha value is -3.29. The fraction of sp³-hybridized carbons (Fsp3) is 0.192. The number of ether oxygens (including phenoxy) is 1. The number of hydrogen-bond donors (Lipinski definition) is 1. The van der Waals surface area contributed by atoms with E-state index in [1.807, 2.05) is 71.3 Å². The van der Waals surface area contributed by atoms with Gasteiger partial charge in [0.2, 0.25) is 5.91 Å². The van der Waals surface area contributed by atoms with Gasteiger partial charge in [0.15, 0.2) is 11.0 Å². The molecule has 0 aliphatic carbocycles. The summed E-state index contributed by atoms with van der Waals surface area (Å²) in [5.74, 6) is 1.70. The van der Waals surface area contributed by atoms with Gasteiger partial charge in [-0.3, -0.25) is 9.36 Å². The average Bonchev–Trinajstić information content (AvgIpc) is 3.30. The largest absolute Gasteiger partial charge is 0.496 e. The molecule has 0 fully saturated rings. The molecule has 8 heteroatoms. The highest BCUT2D eigenvalue weighted by atomic mass is 35.5. The summed E-state index contributed by atoms with van der Waals surface area (Å²) in [7, 11) is 1.62. The van der Waals surface area contributed by atoms with E-state index in [1.165, 1.54) is 17.3 Å². The van der Waals surface area contributed by atoms with Crippen molar-refractivity contribution in [1.82, 2.24) is 20.1 Å². The van der Waals surface area contributed by atoms with Gasteiger partial charge in [0.1, 0.15) is 5.75 Å². The normalized spacial score (nSPS) is 11.7. The van der Waals surface area contributed by atoms with E-state index in [4.69, 9.17) is 16.3 Å². The van der Waals surface area contributed by atoms with Crippen molar-refractivity contribution in [3.63, 3.8) is 0 Å². The van der Waals surface area contributed by atoms with Crippen LogP contribution in [0.2, 0.25) is 5.02 Å². The second-order valence-corrected chi connectivity index (χ2v) is 9.10. The third kappa shape index (κ3) is 5.61. The number of hydrogen-bond acceptors (Lipinski definition) is 5. The summed E-state index contributed by atoms with van der Waals surface area (Å²) in [5, 5.41) is 13.1. The van der Waals surface area contributed by atoms with Crippen LogP contribution in [0.1, 0.15) is 18.4 Å². The molecule has 6 nitrogen and oxygen atoms in total. The molecule has 1 N–H and O–H groups in total. The molecule has 4 rings (SSSR count). The number of nitrogens with one attached hydrogen (secondary N) is 1. The van der Waals surface area contributed by atoms with Crippen molar-refractivity contribution in [1.29, 1.82) is 0 Å². The lowest BCUT2D eigenvalue weighted by Crippen LogP contribution is -2.29. The third-order valence-corrected chi connectivity index (χ3v) is 6.55. The summed E-state index contributed by atoms with van der Waals surface area (Å²) in [4.78, 5) is 12.6. The molecule has 0 bridgehead atoms. The zero-order valence-electron chi connectivity index (χ0n) is 18.9. The van der Waals surface area contributed by atoms with Gasteiger partial charge in [0.25, 0.3) is 0 Å². The minimum atomic E-state index is -0.0581. The van der Waals surface area contributed by atoms with Gasteiger partial charge in [-0.25, -0.2) is 0 Å². The molecule has 0 radical (unpaired) electrons. The molecule has 0 saturated heterocycles. The van der Waals surface area contributed by atoms with Crippen molar-refractivity contribution < 1.29 is 9.53 Å². The first kappa shape index (κ1) is 23.9. The van der Waals surface area contributed by atoms with E-state index in [0.29, 0.717) is 28.3 Å². The monoisotopic (exact) mass is 492 g/mol. The van der Waals surface area contributed by atoms with Crippen LogP contribution >= 0.6 is 23.4 Å². The Labute approximate surface area is 208 Å². The summed E-state index contributed by atoms with van der Waals surface area (Å²) in [6.07, 6.45) is 0. The molecule has 0 saturated carbocycles. The van der Waals surface area contributed by atoms with Crippen molar-refractivity contribution in [3.05, 3.63) is 89.4 Å². The first-order valence-electron chi connectivity index (χ1n) is 10.9. The first-order chi connectivity index (χ1) is 16.6. The molecular weight excluding hydrogens is 468 g/mol. The predicted molar refractivity (Wildman–Crippen MR) is 137 cm³/mol. The van der Waals surface area contributed by atoms with Crippen LogP contribution in [-0.4, -0.2) is 40.1 Å². The van der Waals surface area contributed by atoms with Crippen LogP contribution in [0.3, 0.4) is 0 Å². The van der Waals surface area contributed by atoms with E-state index < -0.39 is 0 Å². The maximum Gasteiger partial charge on any atom is 0.230 e. The van der Waals surface area contributed by atoms with Crippen LogP contribution < -0.4 is 10.1 Å². The third-order valence-electron chi connectivity index (χ3n) is 5.37. The van der Waals surface area contributed by atoms with Gasteiger partial charge < -0.3 is 10.1 Å². The van der Waals surface area contributed by atoms with E-state index in [0.717, 1.165) is 11.3 Å². The Balaban J connectivity index is 1.53. The number of thioether (sulfide) groups is 1. The Kier molecular flexibility index (Phi) is 7.87. The molecule has 1 aromatic heterocycles. The summed E-state index contributed by atoms with van der Waals surface area (Å²) in [6.45, 7) is 2.67. The lowest BCUT2D eigenvalue weighted by molar-refractivity contribution is -0.118. The number of methoxy groups -OCH3 is 1. The highest BCUT2D eigenvalue weighted by Crippen LogP contribution is 2.33. The molecule has 1 heterocycles. The summed E-state index contributed by atoms with van der Waals surface area (Å²) in [5.41, 5.74) is 2.84. The number of rotatable bonds is 9. The molecule has 3 aromatic carbocycles. The van der Waals surface area contributed by atoms with Crippen LogP contribution in [0, 0.1) is 0 Å². The Bertz CT molecular complexity index is 1250. The maximum absolute atomic E-state index is 12.6. The quantitative estimate of drug-likeness (QED) is 0.308. The summed E-state index contributed by atoms with van der Waals surface area (Å²) in [6, 6.07) is 25.2. The molecule has 4 aromatic rings. The van der Waals surface area contributed by atoms with Gasteiger partial charge >= 0.3 is 0 Å². The number of aromatic nitrogens is 3. The second-order valence-electron chi connectivity index (χ2n) is 7.72. The van der Waals surface area contributed by atoms with Crippen molar-refractivity contribution in [2.24, 2.45) is 0 Å². The highest BCUT2D eigenvalue weighted by Gasteiger charge is 2.20. The lowest BCUT2D eigenvalue weighted by Gasteiger charge is -2.14. The fourth-order valence-electron chi connectivity index (χ4n) is 3.54. The van der Waals surface area contributed by atoms with Crippen molar-refractivity contribution in [3.8, 4) is 22.8 Å². The molecule has 1 atom stereocenters. The van der Waals surface area contributed by atoms with Gasteiger partial charge in [-0.1, -0.05) is 72.8 Å². The van der Waals surface area contributed by atoms with E-state index in [1.54, 1.807) is 7.11 Å². The van der Waals surface area contributed by atoms with Crippen LogP contribution in [-0.2, 0) is 4.79 Å². The number of amides is 1. The number of nitrogens with zero attached hydrogens (tertiary/aromatic N) is 3. The van der Waals surface area contributed by atoms with Gasteiger partial charge in [0, 0.05) is 17.3 Å². The topological polar surface area (TPSA) is 69.0 Å². The van der Waals surface area contributed by atoms with Crippen LogP contribution in [0.5, 0.6) is 5.75 Å². The second kappa shape index (κ2) is 11.2. The molecule has 1 unspecified atom stereocenters. The highest BCUT2D eigenvalue weighted by molar-refractivity contribution is 7.99. The molecule has 0 aliphatic heterocycles. The van der Waals surface area contributed by atoms with Crippen LogP contribution in [0.4, 0.5) is 0 Å². The Morgan fingerprint density at radius 3 is 2.47 bits per heavy atom. The number of benzene rings is 3. The number of halogens is 1. The fourth-order valence-corrected chi connectivity index (χ4v) is 4.45. The SMILES string of the molecule is COc1ccccc1-c1nnc(SCC(=O)NCC(C)c2ccccc2)n1-c1ccc(Cl)cc1. The van der Waals surface area contributed by atoms with E-state index >= 15 is 0 Å². The summed E-state index contributed by atoms with van der Waals surface area (Å²) >= 11 is 7.44. The standard InChI is InChI=1S/C26H25ClN4O2S/c1-18(19-8-4-3-5-9-19)16-28-24(32)17-34-26-30-29-25(22-10-6-7-11-23(22)33-2)31(26)21-14-12-20(27)13-15-21/h3-15,18H,16-17H2,1-2H3,(H,28,32). The van der Waals surface area contributed by atoms with E-state index in [2.05, 4.69) is 34.6 Å². The number of carbonyl (C=O) groups excluding carboxylic acids is 1. The van der Waals surface area contributed by atoms with Gasteiger partial charge in [-0.05, 0) is 47.9 Å². The zero-order valence-corrected chi connectivity index (χ0v) is 20.5. The Morgan fingerprint density at radius 2 is 1.74 bits per heavy atom. The van der Waals surface area contributed by atoms with Gasteiger partial charge in [0.05, 0.1) is 18.4 Å². The van der Waals surface area contributed by atoms with Crippen molar-refractivity contribution >= 4 is 29.3 Å². The van der Waals surface area contributed by atoms with Crippen molar-refractivity contribution in [2.45, 2.75) is 18.0 Å². The smallest absolute Gasteiger partial charge is 0.230 e. The zero-order chi connectivity index (χ0) is 23.9.